The summed E-state index contributed by atoms with van der Waals surface area (Å²) in [6.45, 7) is 1.93. The zero-order valence-corrected chi connectivity index (χ0v) is 11.8. The molecule has 0 radical (unpaired) electrons. The van der Waals surface area contributed by atoms with Gasteiger partial charge in [0.2, 0.25) is 0 Å². The van der Waals surface area contributed by atoms with Crippen LogP contribution in [0.25, 0.3) is 0 Å². The monoisotopic (exact) mass is 295 g/mol. The van der Waals surface area contributed by atoms with Gasteiger partial charge in [-0.25, -0.2) is 9.59 Å². The summed E-state index contributed by atoms with van der Waals surface area (Å²) in [6.07, 6.45) is 2.71. The molecule has 2 heterocycles. The van der Waals surface area contributed by atoms with Crippen LogP contribution in [0, 0.1) is 18.3 Å². The Labute approximate surface area is 121 Å². The maximum absolute atomic E-state index is 9.10. The number of likely N-dealkylation sites (tertiary alicyclic amines) is 1. The highest BCUT2D eigenvalue weighted by Crippen LogP contribution is 2.35. The molecule has 1 fully saturated rings. The highest BCUT2D eigenvalue weighted by atomic mass is 16.5. The number of carbonyl (C=O) groups is 2. The molecule has 2 N–H and O–H groups in total. The Morgan fingerprint density at radius 2 is 2.10 bits per heavy atom. The van der Waals surface area contributed by atoms with Gasteiger partial charge in [-0.1, -0.05) is 5.16 Å². The van der Waals surface area contributed by atoms with Crippen molar-refractivity contribution in [3.63, 3.8) is 0 Å². The van der Waals surface area contributed by atoms with Crippen molar-refractivity contribution in [3.8, 4) is 6.07 Å². The van der Waals surface area contributed by atoms with Crippen LogP contribution in [0.4, 0.5) is 0 Å². The number of rotatable bonds is 2. The second kappa shape index (κ2) is 7.40. The second-order valence-corrected chi connectivity index (χ2v) is 4.76. The topological polar surface area (TPSA) is 128 Å². The van der Waals surface area contributed by atoms with Crippen LogP contribution in [-0.4, -0.2) is 45.3 Å². The van der Waals surface area contributed by atoms with E-state index >= 15 is 0 Å². The van der Waals surface area contributed by atoms with Gasteiger partial charge in [-0.15, -0.1) is 0 Å². The molecular formula is C13H17N3O5. The van der Waals surface area contributed by atoms with Crippen molar-refractivity contribution in [1.82, 2.24) is 10.1 Å². The third-order valence-corrected chi connectivity index (χ3v) is 3.33. The largest absolute Gasteiger partial charge is 0.473 e. The summed E-state index contributed by atoms with van der Waals surface area (Å²) in [5.74, 6) is -2.72. The number of hydrogen-bond donors (Lipinski definition) is 2. The van der Waals surface area contributed by atoms with E-state index in [2.05, 4.69) is 23.2 Å². The van der Waals surface area contributed by atoms with Crippen LogP contribution in [-0.2, 0) is 9.59 Å². The molecule has 1 aromatic rings. The number of aromatic nitrogens is 1. The first-order valence-electron chi connectivity index (χ1n) is 6.35. The van der Waals surface area contributed by atoms with Gasteiger partial charge in [-0.2, -0.15) is 5.26 Å². The molecule has 21 heavy (non-hydrogen) atoms. The van der Waals surface area contributed by atoms with Crippen LogP contribution in [0.5, 0.6) is 0 Å². The fraction of sp³-hybridized carbons (Fsp3) is 0.538. The van der Waals surface area contributed by atoms with Gasteiger partial charge in [0.15, 0.2) is 5.76 Å². The summed E-state index contributed by atoms with van der Waals surface area (Å²) >= 11 is 0. The number of nitriles is 1. The zero-order chi connectivity index (χ0) is 16.0. The maximum Gasteiger partial charge on any atom is 0.414 e. The molecule has 0 saturated carbocycles. The second-order valence-electron chi connectivity index (χ2n) is 4.76. The number of nitrogens with zero attached hydrogens (tertiary/aromatic N) is 3. The van der Waals surface area contributed by atoms with Gasteiger partial charge >= 0.3 is 11.9 Å². The van der Waals surface area contributed by atoms with E-state index in [-0.39, 0.29) is 0 Å². The molecule has 0 aliphatic carbocycles. The van der Waals surface area contributed by atoms with E-state index in [1.165, 1.54) is 0 Å². The van der Waals surface area contributed by atoms with Gasteiger partial charge in [0, 0.05) is 12.1 Å². The third-order valence-electron chi connectivity index (χ3n) is 3.33. The van der Waals surface area contributed by atoms with Gasteiger partial charge in [-0.3, -0.25) is 4.90 Å². The first-order valence-corrected chi connectivity index (χ1v) is 6.35. The van der Waals surface area contributed by atoms with Crippen LogP contribution in [0.15, 0.2) is 10.6 Å². The Morgan fingerprint density at radius 1 is 1.48 bits per heavy atom. The smallest absolute Gasteiger partial charge is 0.414 e. The fourth-order valence-corrected chi connectivity index (χ4v) is 2.25. The van der Waals surface area contributed by atoms with Crippen molar-refractivity contribution in [2.24, 2.45) is 0 Å². The summed E-state index contributed by atoms with van der Waals surface area (Å²) in [6, 6.07) is 4.87. The highest BCUT2D eigenvalue weighted by molar-refractivity contribution is 6.27. The Kier molecular flexibility index (Phi) is 5.87. The predicted molar refractivity (Wildman–Crippen MR) is 70.3 cm³/mol. The zero-order valence-electron chi connectivity index (χ0n) is 11.8. The molecule has 0 amide bonds. The quantitative estimate of drug-likeness (QED) is 0.778. The lowest BCUT2D eigenvalue weighted by molar-refractivity contribution is -0.159. The maximum atomic E-state index is 9.10. The minimum atomic E-state index is -1.82. The molecule has 114 valence electrons. The lowest BCUT2D eigenvalue weighted by atomic mass is 10.1. The number of aliphatic carboxylic acids is 2. The molecule has 2 atom stereocenters. The average Bonchev–Trinajstić information content (AvgIpc) is 2.98. The van der Waals surface area contributed by atoms with Gasteiger partial charge in [-0.05, 0) is 26.8 Å². The summed E-state index contributed by atoms with van der Waals surface area (Å²) < 4.78 is 5.27. The molecule has 0 aromatic carbocycles. The average molecular weight is 295 g/mol. The van der Waals surface area contributed by atoms with Crippen molar-refractivity contribution in [1.29, 1.82) is 5.26 Å². The molecule has 2 rings (SSSR count). The molecule has 0 unspecified atom stereocenters. The van der Waals surface area contributed by atoms with Gasteiger partial charge in [0.05, 0.1) is 24.2 Å². The Balaban J connectivity index is 0.000000315. The summed E-state index contributed by atoms with van der Waals surface area (Å²) in [5, 5.41) is 27.4. The van der Waals surface area contributed by atoms with Gasteiger partial charge < -0.3 is 14.7 Å². The Bertz CT molecular complexity index is 536. The Hall–Kier alpha value is -2.40. The molecule has 0 spiro atoms. The van der Waals surface area contributed by atoms with Crippen molar-refractivity contribution in [3.05, 3.63) is 17.5 Å². The fourth-order valence-electron chi connectivity index (χ4n) is 2.25. The molecule has 0 bridgehead atoms. The summed E-state index contributed by atoms with van der Waals surface area (Å²) in [5.41, 5.74) is 0.919. The van der Waals surface area contributed by atoms with E-state index in [0.29, 0.717) is 18.5 Å². The molecule has 8 heteroatoms. The third kappa shape index (κ3) is 4.57. The molecule has 1 aromatic heterocycles. The normalized spacial score (nSPS) is 21.2. The van der Waals surface area contributed by atoms with E-state index in [1.807, 2.05) is 13.0 Å². The summed E-state index contributed by atoms with van der Waals surface area (Å²) in [7, 11) is 2.05. The molecule has 1 aliphatic heterocycles. The molecular weight excluding hydrogens is 278 g/mol. The van der Waals surface area contributed by atoms with E-state index < -0.39 is 11.9 Å². The number of aryl methyl sites for hydroxylation is 1. The van der Waals surface area contributed by atoms with Crippen LogP contribution in [0.3, 0.4) is 0 Å². The number of hydrogen-bond acceptors (Lipinski definition) is 6. The van der Waals surface area contributed by atoms with Crippen molar-refractivity contribution >= 4 is 11.9 Å². The van der Waals surface area contributed by atoms with Crippen LogP contribution in [0.1, 0.15) is 36.8 Å². The first kappa shape index (κ1) is 16.7. The molecule has 8 nitrogen and oxygen atoms in total. The number of carboxylic acid groups (broad SMARTS) is 2. The summed E-state index contributed by atoms with van der Waals surface area (Å²) in [4.78, 5) is 20.4. The SMILES string of the molecule is Cc1cc([C@@H]2CC[C@H](CC#N)N2C)on1.O=C(O)C(=O)O. The van der Waals surface area contributed by atoms with Crippen LogP contribution in [0.2, 0.25) is 0 Å². The van der Waals surface area contributed by atoms with E-state index in [1.54, 1.807) is 0 Å². The van der Waals surface area contributed by atoms with Crippen molar-refractivity contribution in [2.45, 2.75) is 38.3 Å². The van der Waals surface area contributed by atoms with E-state index in [4.69, 9.17) is 29.6 Å². The van der Waals surface area contributed by atoms with Gasteiger partial charge in [0.1, 0.15) is 0 Å². The van der Waals surface area contributed by atoms with E-state index in [9.17, 15) is 0 Å². The van der Waals surface area contributed by atoms with Crippen LogP contribution >= 0.6 is 0 Å². The lowest BCUT2D eigenvalue weighted by Gasteiger charge is -2.21. The minimum absolute atomic E-state index is 0.296. The number of carboxylic acids is 2. The predicted octanol–water partition coefficient (Wildman–Crippen LogP) is 1.19. The van der Waals surface area contributed by atoms with Gasteiger partial charge in [0.25, 0.3) is 0 Å². The molecule has 1 saturated heterocycles. The standard InChI is InChI=1S/C11H15N3O.C2H2O4/c1-8-7-11(15-13-8)10-4-3-9(5-6-12)14(10)2;3-1(4)2(5)6/h7,9-10H,3-5H2,1-2H3;(H,3,4)(H,5,6)/t9-,10+;/m1./s1. The lowest BCUT2D eigenvalue weighted by Crippen LogP contribution is -2.26. The minimum Gasteiger partial charge on any atom is -0.473 e. The molecule has 1 aliphatic rings. The highest BCUT2D eigenvalue weighted by Gasteiger charge is 2.33. The Morgan fingerprint density at radius 3 is 2.52 bits per heavy atom. The van der Waals surface area contributed by atoms with Crippen molar-refractivity contribution in [2.75, 3.05) is 7.05 Å². The van der Waals surface area contributed by atoms with Crippen LogP contribution < -0.4 is 0 Å². The first-order chi connectivity index (χ1) is 9.86. The van der Waals surface area contributed by atoms with Crippen molar-refractivity contribution < 1.29 is 24.3 Å². The van der Waals surface area contributed by atoms with E-state index in [0.717, 1.165) is 24.3 Å².